The Morgan fingerprint density at radius 1 is 1.36 bits per heavy atom. The molecule has 1 aromatic rings. The normalized spacial score (nSPS) is 20.6. The van der Waals surface area contributed by atoms with Crippen molar-refractivity contribution in [2.45, 2.75) is 31.6 Å². The second-order valence-corrected chi connectivity index (χ2v) is 5.59. The van der Waals surface area contributed by atoms with E-state index in [1.165, 1.54) is 4.90 Å². The van der Waals surface area contributed by atoms with E-state index in [-0.39, 0.29) is 24.7 Å². The van der Waals surface area contributed by atoms with Crippen molar-refractivity contribution < 1.29 is 18.0 Å². The first-order valence-electron chi connectivity index (χ1n) is 7.24. The van der Waals surface area contributed by atoms with Crippen molar-refractivity contribution in [2.75, 3.05) is 19.6 Å². The summed E-state index contributed by atoms with van der Waals surface area (Å²) < 4.78 is 36.9. The molecule has 22 heavy (non-hydrogen) atoms. The zero-order valence-corrected chi connectivity index (χ0v) is 12.4. The molecule has 1 saturated heterocycles. The maximum absolute atomic E-state index is 12.3. The van der Waals surface area contributed by atoms with Gasteiger partial charge in [0.05, 0.1) is 12.6 Å². The molecule has 1 aliphatic heterocycles. The van der Waals surface area contributed by atoms with Crippen molar-refractivity contribution >= 4 is 6.03 Å². The minimum absolute atomic E-state index is 0.158. The SMILES string of the molecule is CC(NC(=O)NC1CCN(CC(F)(F)F)C1)c1ccccc1. The number of likely N-dealkylation sites (tertiary alicyclic amines) is 1. The number of amides is 2. The lowest BCUT2D eigenvalue weighted by atomic mass is 10.1. The molecule has 2 unspecified atom stereocenters. The van der Waals surface area contributed by atoms with Crippen LogP contribution in [0.5, 0.6) is 0 Å². The van der Waals surface area contributed by atoms with Crippen LogP contribution in [0.2, 0.25) is 0 Å². The maximum Gasteiger partial charge on any atom is 0.401 e. The first-order chi connectivity index (χ1) is 10.3. The van der Waals surface area contributed by atoms with Gasteiger partial charge in [-0.25, -0.2) is 4.79 Å². The van der Waals surface area contributed by atoms with Gasteiger partial charge in [-0.15, -0.1) is 0 Å². The molecule has 2 atom stereocenters. The molecule has 0 aromatic heterocycles. The van der Waals surface area contributed by atoms with Gasteiger partial charge in [0.2, 0.25) is 0 Å². The highest BCUT2D eigenvalue weighted by molar-refractivity contribution is 5.74. The molecule has 4 nitrogen and oxygen atoms in total. The fraction of sp³-hybridized carbons (Fsp3) is 0.533. The Balaban J connectivity index is 1.76. The van der Waals surface area contributed by atoms with Gasteiger partial charge in [0.1, 0.15) is 0 Å². The summed E-state index contributed by atoms with van der Waals surface area (Å²) in [7, 11) is 0. The molecule has 1 fully saturated rings. The van der Waals surface area contributed by atoms with Crippen molar-refractivity contribution in [3.8, 4) is 0 Å². The third kappa shape index (κ3) is 5.22. The number of carbonyl (C=O) groups is 1. The molecule has 2 amide bonds. The van der Waals surface area contributed by atoms with Crippen LogP contribution in [0.25, 0.3) is 0 Å². The minimum atomic E-state index is -4.20. The first-order valence-corrected chi connectivity index (χ1v) is 7.24. The van der Waals surface area contributed by atoms with Crippen LogP contribution in [-0.4, -0.2) is 42.8 Å². The molecular weight excluding hydrogens is 295 g/mol. The predicted molar refractivity (Wildman–Crippen MR) is 77.4 cm³/mol. The van der Waals surface area contributed by atoms with E-state index in [2.05, 4.69) is 10.6 Å². The number of benzene rings is 1. The van der Waals surface area contributed by atoms with Gasteiger partial charge in [-0.3, -0.25) is 4.90 Å². The topological polar surface area (TPSA) is 44.4 Å². The fourth-order valence-corrected chi connectivity index (χ4v) is 2.60. The van der Waals surface area contributed by atoms with E-state index in [0.29, 0.717) is 13.0 Å². The standard InChI is InChI=1S/C15H20F3N3O/c1-11(12-5-3-2-4-6-12)19-14(22)20-13-7-8-21(9-13)10-15(16,17)18/h2-6,11,13H,7-10H2,1H3,(H2,19,20,22). The lowest BCUT2D eigenvalue weighted by Gasteiger charge is -2.19. The average molecular weight is 315 g/mol. The number of nitrogens with one attached hydrogen (secondary N) is 2. The third-order valence-corrected chi connectivity index (χ3v) is 3.66. The number of carbonyl (C=O) groups excluding carboxylic acids is 1. The zero-order chi connectivity index (χ0) is 16.2. The molecule has 0 spiro atoms. The molecule has 7 heteroatoms. The van der Waals surface area contributed by atoms with E-state index < -0.39 is 12.7 Å². The Hall–Kier alpha value is -1.76. The van der Waals surface area contributed by atoms with Crippen LogP contribution in [0.4, 0.5) is 18.0 Å². The van der Waals surface area contributed by atoms with Gasteiger partial charge in [0.15, 0.2) is 0 Å². The van der Waals surface area contributed by atoms with E-state index in [9.17, 15) is 18.0 Å². The molecule has 122 valence electrons. The number of alkyl halides is 3. The van der Waals surface area contributed by atoms with E-state index >= 15 is 0 Å². The Bertz CT molecular complexity index is 493. The number of halogens is 3. The molecule has 1 aliphatic rings. The summed E-state index contributed by atoms with van der Waals surface area (Å²) in [6.45, 7) is 1.51. The highest BCUT2D eigenvalue weighted by atomic mass is 19.4. The molecule has 0 aliphatic carbocycles. The van der Waals surface area contributed by atoms with Gasteiger partial charge < -0.3 is 10.6 Å². The fourth-order valence-electron chi connectivity index (χ4n) is 2.60. The van der Waals surface area contributed by atoms with Crippen LogP contribution < -0.4 is 10.6 Å². The minimum Gasteiger partial charge on any atom is -0.334 e. The van der Waals surface area contributed by atoms with Crippen LogP contribution >= 0.6 is 0 Å². The van der Waals surface area contributed by atoms with E-state index in [0.717, 1.165) is 5.56 Å². The predicted octanol–water partition coefficient (Wildman–Crippen LogP) is 2.68. The lowest BCUT2D eigenvalue weighted by molar-refractivity contribution is -0.143. The molecule has 0 radical (unpaired) electrons. The third-order valence-electron chi connectivity index (χ3n) is 3.66. The summed E-state index contributed by atoms with van der Waals surface area (Å²) in [5.74, 6) is 0. The summed E-state index contributed by atoms with van der Waals surface area (Å²) in [5, 5.41) is 5.53. The monoisotopic (exact) mass is 315 g/mol. The second-order valence-electron chi connectivity index (χ2n) is 5.59. The quantitative estimate of drug-likeness (QED) is 0.897. The van der Waals surface area contributed by atoms with Crippen LogP contribution in [0.1, 0.15) is 24.9 Å². The number of rotatable bonds is 4. The summed E-state index contributed by atoms with van der Waals surface area (Å²) in [6.07, 6.45) is -3.66. The van der Waals surface area contributed by atoms with Crippen molar-refractivity contribution in [1.29, 1.82) is 0 Å². The summed E-state index contributed by atoms with van der Waals surface area (Å²) in [5.41, 5.74) is 0.975. The number of hydrogen-bond acceptors (Lipinski definition) is 2. The van der Waals surface area contributed by atoms with Gasteiger partial charge in [-0.05, 0) is 18.9 Å². The largest absolute Gasteiger partial charge is 0.401 e. The van der Waals surface area contributed by atoms with E-state index in [4.69, 9.17) is 0 Å². The Morgan fingerprint density at radius 3 is 2.68 bits per heavy atom. The molecule has 2 N–H and O–H groups in total. The molecule has 2 rings (SSSR count). The van der Waals surface area contributed by atoms with Crippen LogP contribution in [0.15, 0.2) is 30.3 Å². The first kappa shape index (κ1) is 16.6. The Kier molecular flexibility index (Phi) is 5.28. The van der Waals surface area contributed by atoms with Gasteiger partial charge in [-0.1, -0.05) is 30.3 Å². The molecule has 0 bridgehead atoms. The molecule has 1 heterocycles. The highest BCUT2D eigenvalue weighted by Gasteiger charge is 2.34. The molecule has 1 aromatic carbocycles. The number of hydrogen-bond donors (Lipinski definition) is 2. The zero-order valence-electron chi connectivity index (χ0n) is 12.4. The van der Waals surface area contributed by atoms with Gasteiger partial charge in [-0.2, -0.15) is 13.2 Å². The van der Waals surface area contributed by atoms with E-state index in [1.807, 2.05) is 37.3 Å². The van der Waals surface area contributed by atoms with Crippen LogP contribution in [0.3, 0.4) is 0 Å². The maximum atomic E-state index is 12.3. The Morgan fingerprint density at radius 2 is 2.05 bits per heavy atom. The van der Waals surface area contributed by atoms with E-state index in [1.54, 1.807) is 0 Å². The average Bonchev–Trinajstić information content (AvgIpc) is 2.84. The number of urea groups is 1. The lowest BCUT2D eigenvalue weighted by Crippen LogP contribution is -2.44. The smallest absolute Gasteiger partial charge is 0.334 e. The molecule has 0 saturated carbocycles. The van der Waals surface area contributed by atoms with Crippen molar-refractivity contribution in [3.63, 3.8) is 0 Å². The van der Waals surface area contributed by atoms with Crippen molar-refractivity contribution in [1.82, 2.24) is 15.5 Å². The summed E-state index contributed by atoms with van der Waals surface area (Å²) in [6, 6.07) is 8.73. The van der Waals surface area contributed by atoms with Crippen LogP contribution in [0, 0.1) is 0 Å². The Labute approximate surface area is 127 Å². The number of nitrogens with zero attached hydrogens (tertiary/aromatic N) is 1. The second kappa shape index (κ2) is 7.00. The van der Waals surface area contributed by atoms with Gasteiger partial charge in [0, 0.05) is 19.1 Å². The van der Waals surface area contributed by atoms with Crippen molar-refractivity contribution in [3.05, 3.63) is 35.9 Å². The highest BCUT2D eigenvalue weighted by Crippen LogP contribution is 2.20. The van der Waals surface area contributed by atoms with Gasteiger partial charge >= 0.3 is 12.2 Å². The summed E-state index contributed by atoms with van der Waals surface area (Å²) in [4.78, 5) is 13.2. The molecular formula is C15H20F3N3O. The van der Waals surface area contributed by atoms with Crippen molar-refractivity contribution in [2.24, 2.45) is 0 Å². The van der Waals surface area contributed by atoms with Crippen LogP contribution in [-0.2, 0) is 0 Å². The summed E-state index contributed by atoms with van der Waals surface area (Å²) >= 11 is 0. The van der Waals surface area contributed by atoms with Gasteiger partial charge in [0.25, 0.3) is 0 Å².